The summed E-state index contributed by atoms with van der Waals surface area (Å²) in [6.07, 6.45) is 2.45. The van der Waals surface area contributed by atoms with E-state index in [1.807, 2.05) is 12.1 Å². The van der Waals surface area contributed by atoms with E-state index in [0.717, 1.165) is 31.5 Å². The number of halogens is 1. The average molecular weight is 266 g/mol. The van der Waals surface area contributed by atoms with Crippen molar-refractivity contribution in [3.63, 3.8) is 0 Å². The van der Waals surface area contributed by atoms with Gasteiger partial charge < -0.3 is 10.5 Å². The van der Waals surface area contributed by atoms with Crippen LogP contribution in [0.2, 0.25) is 0 Å². The van der Waals surface area contributed by atoms with Crippen molar-refractivity contribution in [3.8, 4) is 0 Å². The van der Waals surface area contributed by atoms with Crippen LogP contribution in [0.4, 0.5) is 4.39 Å². The summed E-state index contributed by atoms with van der Waals surface area (Å²) in [4.78, 5) is 2.31. The summed E-state index contributed by atoms with van der Waals surface area (Å²) >= 11 is 0. The van der Waals surface area contributed by atoms with Gasteiger partial charge in [-0.2, -0.15) is 0 Å². The van der Waals surface area contributed by atoms with Crippen LogP contribution in [-0.2, 0) is 4.74 Å². The number of aryl methyl sites for hydroxylation is 1. The molecule has 3 nitrogen and oxygen atoms in total. The Morgan fingerprint density at radius 3 is 2.95 bits per heavy atom. The van der Waals surface area contributed by atoms with Crippen LogP contribution in [0.1, 0.15) is 30.0 Å². The molecule has 2 N–H and O–H groups in total. The van der Waals surface area contributed by atoms with Crippen LogP contribution in [0, 0.1) is 12.7 Å². The summed E-state index contributed by atoms with van der Waals surface area (Å²) in [5, 5.41) is 0. The SMILES string of the molecule is COC1CCCN(C(CN)c2ccc(C)c(F)c2)C1. The highest BCUT2D eigenvalue weighted by Gasteiger charge is 2.26. The number of hydrogen-bond donors (Lipinski definition) is 1. The van der Waals surface area contributed by atoms with Gasteiger partial charge in [0.05, 0.1) is 6.10 Å². The van der Waals surface area contributed by atoms with Gasteiger partial charge in [0.25, 0.3) is 0 Å². The number of likely N-dealkylation sites (tertiary alicyclic amines) is 1. The van der Waals surface area contributed by atoms with Crippen LogP contribution in [0.5, 0.6) is 0 Å². The lowest BCUT2D eigenvalue weighted by molar-refractivity contribution is 0.0154. The Morgan fingerprint density at radius 1 is 1.53 bits per heavy atom. The van der Waals surface area contributed by atoms with Crippen molar-refractivity contribution in [2.45, 2.75) is 31.9 Å². The van der Waals surface area contributed by atoms with E-state index in [0.29, 0.717) is 12.1 Å². The van der Waals surface area contributed by atoms with Gasteiger partial charge in [-0.05, 0) is 43.5 Å². The van der Waals surface area contributed by atoms with Crippen molar-refractivity contribution in [2.24, 2.45) is 5.73 Å². The van der Waals surface area contributed by atoms with Gasteiger partial charge in [-0.25, -0.2) is 4.39 Å². The molecule has 1 aromatic carbocycles. The normalized spacial score (nSPS) is 22.4. The topological polar surface area (TPSA) is 38.5 Å². The number of nitrogens with zero attached hydrogens (tertiary/aromatic N) is 1. The van der Waals surface area contributed by atoms with E-state index in [1.54, 1.807) is 20.1 Å². The molecule has 2 unspecified atom stereocenters. The molecule has 1 fully saturated rings. The Morgan fingerprint density at radius 2 is 2.32 bits per heavy atom. The minimum Gasteiger partial charge on any atom is -0.380 e. The van der Waals surface area contributed by atoms with Crippen molar-refractivity contribution in [1.29, 1.82) is 0 Å². The molecule has 0 saturated carbocycles. The van der Waals surface area contributed by atoms with Gasteiger partial charge in [0.15, 0.2) is 0 Å². The third-order valence-corrected chi connectivity index (χ3v) is 3.99. The zero-order chi connectivity index (χ0) is 13.8. The molecule has 0 aromatic heterocycles. The fraction of sp³-hybridized carbons (Fsp3) is 0.600. The number of benzene rings is 1. The smallest absolute Gasteiger partial charge is 0.126 e. The van der Waals surface area contributed by atoms with Crippen molar-refractivity contribution in [1.82, 2.24) is 4.90 Å². The number of methoxy groups -OCH3 is 1. The van der Waals surface area contributed by atoms with Crippen LogP contribution in [-0.4, -0.2) is 37.7 Å². The molecule has 0 amide bonds. The monoisotopic (exact) mass is 266 g/mol. The Bertz CT molecular complexity index is 425. The second-order valence-corrected chi connectivity index (χ2v) is 5.25. The van der Waals surface area contributed by atoms with Crippen LogP contribution < -0.4 is 5.73 Å². The number of piperidine rings is 1. The summed E-state index contributed by atoms with van der Waals surface area (Å²) in [5.41, 5.74) is 7.54. The maximum absolute atomic E-state index is 13.7. The molecule has 0 spiro atoms. The minimum atomic E-state index is -0.156. The van der Waals surface area contributed by atoms with Gasteiger partial charge in [0.2, 0.25) is 0 Å². The van der Waals surface area contributed by atoms with Crippen LogP contribution >= 0.6 is 0 Å². The molecule has 0 aliphatic carbocycles. The summed E-state index contributed by atoms with van der Waals surface area (Å²) in [6, 6.07) is 5.49. The first-order valence-corrected chi connectivity index (χ1v) is 6.88. The molecule has 1 aliphatic rings. The van der Waals surface area contributed by atoms with Gasteiger partial charge in [-0.15, -0.1) is 0 Å². The number of ether oxygens (including phenoxy) is 1. The van der Waals surface area contributed by atoms with Crippen LogP contribution in [0.25, 0.3) is 0 Å². The van der Waals surface area contributed by atoms with E-state index in [-0.39, 0.29) is 18.0 Å². The van der Waals surface area contributed by atoms with Gasteiger partial charge in [0, 0.05) is 26.2 Å². The van der Waals surface area contributed by atoms with Crippen molar-refractivity contribution >= 4 is 0 Å². The summed E-state index contributed by atoms with van der Waals surface area (Å²) in [6.45, 7) is 4.14. The second kappa shape index (κ2) is 6.46. The molecule has 1 aromatic rings. The molecular formula is C15H23FN2O. The first-order valence-electron chi connectivity index (χ1n) is 6.88. The summed E-state index contributed by atoms with van der Waals surface area (Å²) < 4.78 is 19.1. The fourth-order valence-electron chi connectivity index (χ4n) is 2.75. The lowest BCUT2D eigenvalue weighted by Crippen LogP contribution is -2.43. The summed E-state index contributed by atoms with van der Waals surface area (Å²) in [7, 11) is 1.75. The van der Waals surface area contributed by atoms with Crippen molar-refractivity contribution < 1.29 is 9.13 Å². The second-order valence-electron chi connectivity index (χ2n) is 5.25. The molecule has 1 saturated heterocycles. The Hall–Kier alpha value is -0.970. The molecule has 19 heavy (non-hydrogen) atoms. The van der Waals surface area contributed by atoms with Crippen molar-refractivity contribution in [3.05, 3.63) is 35.1 Å². The predicted molar refractivity (Wildman–Crippen MR) is 74.5 cm³/mol. The van der Waals surface area contributed by atoms with E-state index in [9.17, 15) is 4.39 Å². The zero-order valence-corrected chi connectivity index (χ0v) is 11.7. The third kappa shape index (κ3) is 3.32. The molecule has 2 rings (SSSR count). The predicted octanol–water partition coefficient (Wildman–Crippen LogP) is 2.24. The highest BCUT2D eigenvalue weighted by Crippen LogP contribution is 2.26. The third-order valence-electron chi connectivity index (χ3n) is 3.99. The average Bonchev–Trinajstić information content (AvgIpc) is 2.44. The van der Waals surface area contributed by atoms with E-state index >= 15 is 0 Å². The summed E-state index contributed by atoms with van der Waals surface area (Å²) in [5.74, 6) is -0.156. The largest absolute Gasteiger partial charge is 0.380 e. The Labute approximate surface area is 114 Å². The highest BCUT2D eigenvalue weighted by atomic mass is 19.1. The molecule has 1 aliphatic heterocycles. The maximum atomic E-state index is 13.7. The quantitative estimate of drug-likeness (QED) is 0.908. The molecule has 4 heteroatoms. The molecule has 2 atom stereocenters. The first-order chi connectivity index (χ1) is 9.15. The van der Waals surface area contributed by atoms with Crippen molar-refractivity contribution in [2.75, 3.05) is 26.7 Å². The van der Waals surface area contributed by atoms with Gasteiger partial charge in [0.1, 0.15) is 5.82 Å². The van der Waals surface area contributed by atoms with Gasteiger partial charge >= 0.3 is 0 Å². The number of hydrogen-bond acceptors (Lipinski definition) is 3. The Balaban J connectivity index is 2.16. The minimum absolute atomic E-state index is 0.0769. The fourth-order valence-corrected chi connectivity index (χ4v) is 2.75. The molecule has 1 heterocycles. The van der Waals surface area contributed by atoms with Gasteiger partial charge in [-0.1, -0.05) is 12.1 Å². The van der Waals surface area contributed by atoms with Crippen LogP contribution in [0.15, 0.2) is 18.2 Å². The maximum Gasteiger partial charge on any atom is 0.126 e. The van der Waals surface area contributed by atoms with E-state index < -0.39 is 0 Å². The van der Waals surface area contributed by atoms with E-state index in [1.165, 1.54) is 0 Å². The molecule has 0 radical (unpaired) electrons. The molecule has 106 valence electrons. The lowest BCUT2D eigenvalue weighted by Gasteiger charge is -2.37. The standard InChI is InChI=1S/C15H23FN2O/c1-11-5-6-12(8-14(11)16)15(9-17)18-7-3-4-13(10-18)19-2/h5-6,8,13,15H,3-4,7,9-10,17H2,1-2H3. The van der Waals surface area contributed by atoms with E-state index in [2.05, 4.69) is 4.90 Å². The lowest BCUT2D eigenvalue weighted by atomic mass is 9.99. The number of nitrogens with two attached hydrogens (primary N) is 1. The van der Waals surface area contributed by atoms with Crippen LogP contribution in [0.3, 0.4) is 0 Å². The molecule has 0 bridgehead atoms. The Kier molecular flexibility index (Phi) is 4.91. The first kappa shape index (κ1) is 14.4. The van der Waals surface area contributed by atoms with Gasteiger partial charge in [-0.3, -0.25) is 4.90 Å². The zero-order valence-electron chi connectivity index (χ0n) is 11.7. The highest BCUT2D eigenvalue weighted by molar-refractivity contribution is 5.26. The molecular weight excluding hydrogens is 243 g/mol. The number of rotatable bonds is 4. The van der Waals surface area contributed by atoms with E-state index in [4.69, 9.17) is 10.5 Å².